The fraction of sp³-hybridized carbons (Fsp3) is 0.600. The summed E-state index contributed by atoms with van der Waals surface area (Å²) in [5, 5.41) is 14.2. The maximum atomic E-state index is 14.3. The van der Waals surface area contributed by atoms with Crippen molar-refractivity contribution in [3.63, 3.8) is 0 Å². The zero-order chi connectivity index (χ0) is 15.6. The third kappa shape index (κ3) is 5.28. The van der Waals surface area contributed by atoms with E-state index in [-0.39, 0.29) is 47.8 Å². The maximum absolute atomic E-state index is 14.3. The van der Waals surface area contributed by atoms with Crippen LogP contribution in [-0.4, -0.2) is 36.0 Å². The lowest BCUT2D eigenvalue weighted by Gasteiger charge is -2.42. The first-order valence-electron chi connectivity index (χ1n) is 7.19. The number of nitrogens with one attached hydrogen (secondary N) is 1. The average Bonchev–Trinajstić information content (AvgIpc) is 2.40. The highest BCUT2D eigenvalue weighted by molar-refractivity contribution is 5.85. The lowest BCUT2D eigenvalue weighted by atomic mass is 9.80. The highest BCUT2D eigenvalue weighted by Gasteiger charge is 2.35. The van der Waals surface area contributed by atoms with Gasteiger partial charge in [0.05, 0.1) is 4.92 Å². The molecule has 0 aromatic heterocycles. The van der Waals surface area contributed by atoms with Gasteiger partial charge in [-0.2, -0.15) is 0 Å². The van der Waals surface area contributed by atoms with E-state index in [1.807, 2.05) is 20.8 Å². The second kappa shape index (κ2) is 8.78. The predicted octanol–water partition coefficient (Wildman–Crippen LogP) is 3.57. The molecule has 1 saturated heterocycles. The summed E-state index contributed by atoms with van der Waals surface area (Å²) >= 11 is 0. The molecular weight excluding hydrogens is 344 g/mol. The normalized spacial score (nSPS) is 16.9. The Morgan fingerprint density at radius 2 is 1.83 bits per heavy atom. The standard InChI is InChI=1S/C15H22FN3O2.2ClH/c1-15(2,3)14(18-8-6-17-7-9-18)12-10-11(19(20)21)4-5-13(12)16;;/h4-5,10,14,17H,6-9H2,1-3H3;2*1H/t14-;;/m0../s1. The van der Waals surface area contributed by atoms with E-state index in [9.17, 15) is 14.5 Å². The molecule has 1 aliphatic heterocycles. The number of benzene rings is 1. The summed E-state index contributed by atoms with van der Waals surface area (Å²) in [5.41, 5.74) is 0.141. The van der Waals surface area contributed by atoms with Gasteiger partial charge in [-0.05, 0) is 11.5 Å². The number of nitrogens with zero attached hydrogens (tertiary/aromatic N) is 2. The number of hydrogen-bond acceptors (Lipinski definition) is 4. The number of nitro groups is 1. The lowest BCUT2D eigenvalue weighted by molar-refractivity contribution is -0.385. The van der Waals surface area contributed by atoms with Crippen LogP contribution in [0.15, 0.2) is 18.2 Å². The third-order valence-electron chi connectivity index (χ3n) is 3.82. The highest BCUT2D eigenvalue weighted by atomic mass is 35.5. The van der Waals surface area contributed by atoms with Crippen LogP contribution in [0.5, 0.6) is 0 Å². The molecular formula is C15H24Cl2FN3O2. The van der Waals surface area contributed by atoms with E-state index < -0.39 is 4.92 Å². The van der Waals surface area contributed by atoms with Crippen molar-refractivity contribution in [2.75, 3.05) is 26.2 Å². The second-order valence-corrected chi connectivity index (χ2v) is 6.52. The second-order valence-electron chi connectivity index (χ2n) is 6.52. The molecule has 8 heteroatoms. The van der Waals surface area contributed by atoms with Gasteiger partial charge >= 0.3 is 0 Å². The maximum Gasteiger partial charge on any atom is 0.269 e. The smallest absolute Gasteiger partial charge is 0.269 e. The number of piperazine rings is 1. The van der Waals surface area contributed by atoms with Gasteiger partial charge < -0.3 is 5.32 Å². The zero-order valence-corrected chi connectivity index (χ0v) is 15.2. The van der Waals surface area contributed by atoms with Crippen LogP contribution >= 0.6 is 24.8 Å². The first-order chi connectivity index (χ1) is 9.80. The van der Waals surface area contributed by atoms with Gasteiger partial charge in [-0.25, -0.2) is 4.39 Å². The van der Waals surface area contributed by atoms with Crippen molar-refractivity contribution in [2.45, 2.75) is 26.8 Å². The minimum atomic E-state index is -0.472. The molecule has 5 nitrogen and oxygen atoms in total. The van der Waals surface area contributed by atoms with Crippen molar-refractivity contribution in [3.05, 3.63) is 39.7 Å². The molecule has 1 aromatic rings. The van der Waals surface area contributed by atoms with Crippen LogP contribution in [0.4, 0.5) is 10.1 Å². The number of halogens is 3. The Bertz CT molecular complexity index is 532. The molecule has 0 bridgehead atoms. The minimum absolute atomic E-state index is 0. The van der Waals surface area contributed by atoms with Gasteiger partial charge in [0.2, 0.25) is 0 Å². The topological polar surface area (TPSA) is 58.4 Å². The Balaban J connectivity index is 0.00000242. The van der Waals surface area contributed by atoms with E-state index in [4.69, 9.17) is 0 Å². The summed E-state index contributed by atoms with van der Waals surface area (Å²) in [7, 11) is 0. The molecule has 0 radical (unpaired) electrons. The fourth-order valence-corrected chi connectivity index (χ4v) is 3.01. The van der Waals surface area contributed by atoms with Crippen LogP contribution in [0.3, 0.4) is 0 Å². The van der Waals surface area contributed by atoms with Gasteiger partial charge in [0, 0.05) is 49.9 Å². The average molecular weight is 368 g/mol. The van der Waals surface area contributed by atoms with E-state index in [0.29, 0.717) is 5.56 Å². The van der Waals surface area contributed by atoms with Gasteiger partial charge in [0.1, 0.15) is 5.82 Å². The summed E-state index contributed by atoms with van der Waals surface area (Å²) in [6, 6.07) is 3.62. The molecule has 0 amide bonds. The van der Waals surface area contributed by atoms with Crippen molar-refractivity contribution in [1.82, 2.24) is 10.2 Å². The molecule has 0 unspecified atom stereocenters. The van der Waals surface area contributed by atoms with Crippen molar-refractivity contribution in [2.24, 2.45) is 5.41 Å². The molecule has 0 spiro atoms. The predicted molar refractivity (Wildman–Crippen MR) is 94.2 cm³/mol. The molecule has 1 fully saturated rings. The molecule has 23 heavy (non-hydrogen) atoms. The monoisotopic (exact) mass is 367 g/mol. The Morgan fingerprint density at radius 3 is 2.30 bits per heavy atom. The van der Waals surface area contributed by atoms with Crippen LogP contribution in [0.25, 0.3) is 0 Å². The Kier molecular flexibility index (Phi) is 8.41. The molecule has 1 N–H and O–H groups in total. The van der Waals surface area contributed by atoms with Gasteiger partial charge in [0.25, 0.3) is 5.69 Å². The Hall–Kier alpha value is -0.950. The van der Waals surface area contributed by atoms with Crippen LogP contribution in [-0.2, 0) is 0 Å². The lowest BCUT2D eigenvalue weighted by Crippen LogP contribution is -2.48. The van der Waals surface area contributed by atoms with Gasteiger partial charge in [-0.1, -0.05) is 20.8 Å². The SMILES string of the molecule is CC(C)(C)[C@H](c1cc([N+](=O)[O-])ccc1F)N1CCNCC1.Cl.Cl. The van der Waals surface area contributed by atoms with Gasteiger partial charge in [-0.15, -0.1) is 24.8 Å². The quantitative estimate of drug-likeness (QED) is 0.655. The molecule has 0 saturated carbocycles. The number of nitro benzene ring substituents is 1. The number of non-ortho nitro benzene ring substituents is 1. The van der Waals surface area contributed by atoms with Gasteiger partial charge in [0.15, 0.2) is 0 Å². The largest absolute Gasteiger partial charge is 0.314 e. The highest BCUT2D eigenvalue weighted by Crippen LogP contribution is 2.40. The van der Waals surface area contributed by atoms with Crippen LogP contribution < -0.4 is 5.32 Å². The van der Waals surface area contributed by atoms with Gasteiger partial charge in [-0.3, -0.25) is 15.0 Å². The summed E-state index contributed by atoms with van der Waals surface area (Å²) in [4.78, 5) is 12.7. The van der Waals surface area contributed by atoms with Crippen LogP contribution in [0, 0.1) is 21.3 Å². The van der Waals surface area contributed by atoms with Crippen molar-refractivity contribution in [1.29, 1.82) is 0 Å². The van der Waals surface area contributed by atoms with Crippen molar-refractivity contribution >= 4 is 30.5 Å². The summed E-state index contributed by atoms with van der Waals surface area (Å²) in [6.07, 6.45) is 0. The zero-order valence-electron chi connectivity index (χ0n) is 13.5. The first-order valence-corrected chi connectivity index (χ1v) is 7.19. The van der Waals surface area contributed by atoms with Crippen molar-refractivity contribution in [3.8, 4) is 0 Å². The molecule has 132 valence electrons. The van der Waals surface area contributed by atoms with Crippen LogP contribution in [0.1, 0.15) is 32.4 Å². The van der Waals surface area contributed by atoms with E-state index in [0.717, 1.165) is 26.2 Å². The number of hydrogen-bond donors (Lipinski definition) is 1. The summed E-state index contributed by atoms with van der Waals surface area (Å²) in [6.45, 7) is 9.44. The first kappa shape index (κ1) is 22.1. The van der Waals surface area contributed by atoms with E-state index in [2.05, 4.69) is 10.2 Å². The molecule has 0 aliphatic carbocycles. The Morgan fingerprint density at radius 1 is 1.26 bits per heavy atom. The number of rotatable bonds is 3. The third-order valence-corrected chi connectivity index (χ3v) is 3.82. The van der Waals surface area contributed by atoms with Crippen molar-refractivity contribution < 1.29 is 9.31 Å². The van der Waals surface area contributed by atoms with E-state index in [1.165, 1.54) is 18.2 Å². The molecule has 1 aliphatic rings. The van der Waals surface area contributed by atoms with E-state index >= 15 is 0 Å². The molecule has 1 atom stereocenters. The molecule has 2 rings (SSSR count). The minimum Gasteiger partial charge on any atom is -0.314 e. The Labute approximate surface area is 148 Å². The van der Waals surface area contributed by atoms with E-state index in [1.54, 1.807) is 0 Å². The molecule has 1 heterocycles. The van der Waals surface area contributed by atoms with Crippen LogP contribution in [0.2, 0.25) is 0 Å². The molecule has 1 aromatic carbocycles. The summed E-state index contributed by atoms with van der Waals surface area (Å²) < 4.78 is 14.3. The fourth-order valence-electron chi connectivity index (χ4n) is 3.01. The summed E-state index contributed by atoms with van der Waals surface area (Å²) in [5.74, 6) is -0.376.